The van der Waals surface area contributed by atoms with Gasteiger partial charge in [0.2, 0.25) is 12.1 Å². The zero-order valence-corrected chi connectivity index (χ0v) is 28.7. The van der Waals surface area contributed by atoms with Gasteiger partial charge in [-0.15, -0.1) is 0 Å². The lowest BCUT2D eigenvalue weighted by molar-refractivity contribution is -0.384. The van der Waals surface area contributed by atoms with Crippen molar-refractivity contribution in [2.45, 2.75) is 136 Å². The van der Waals surface area contributed by atoms with Crippen molar-refractivity contribution in [2.24, 2.45) is 23.7 Å². The summed E-state index contributed by atoms with van der Waals surface area (Å²) in [5.41, 5.74) is 0. The lowest BCUT2D eigenvalue weighted by atomic mass is 9.98. The fraction of sp³-hybridized carbons (Fsp3) is 0.875. The highest BCUT2D eigenvalue weighted by Gasteiger charge is 2.62. The molecule has 2 rings (SSSR count). The van der Waals surface area contributed by atoms with Gasteiger partial charge in [0, 0.05) is 25.7 Å². The zero-order chi connectivity index (χ0) is 35.6. The molecule has 0 aliphatic carbocycles. The van der Waals surface area contributed by atoms with Crippen molar-refractivity contribution >= 4 is 23.9 Å². The molecular weight excluding hydrogens is 624 g/mol. The first-order valence-corrected chi connectivity index (χ1v) is 16.2. The maximum absolute atomic E-state index is 13.0. The van der Waals surface area contributed by atoms with E-state index in [9.17, 15) is 39.6 Å². The monoisotopic (exact) mass is 678 g/mol. The SMILES string of the molecule is CC(C)CC(=O)OCC1OC(COC(=O)CC(C)C)(OC2OC(CO)C(O)C(O)C2OC(=O)CC(C)C)C(OC(=O)CC(C)C)C1O. The summed E-state index contributed by atoms with van der Waals surface area (Å²) in [6.07, 6.45) is -13.4. The molecule has 0 aromatic heterocycles. The lowest BCUT2D eigenvalue weighted by Crippen LogP contribution is -2.64. The second-order valence-corrected chi connectivity index (χ2v) is 13.9. The van der Waals surface area contributed by atoms with Crippen LogP contribution in [0.2, 0.25) is 0 Å². The van der Waals surface area contributed by atoms with Crippen molar-refractivity contribution in [3.63, 3.8) is 0 Å². The predicted molar refractivity (Wildman–Crippen MR) is 162 cm³/mol. The number of hydrogen-bond donors (Lipinski definition) is 4. The summed E-state index contributed by atoms with van der Waals surface area (Å²) in [6.45, 7) is 12.2. The molecule has 2 saturated heterocycles. The Morgan fingerprint density at radius 3 is 1.66 bits per heavy atom. The summed E-state index contributed by atoms with van der Waals surface area (Å²) in [5.74, 6) is -5.58. The van der Waals surface area contributed by atoms with Gasteiger partial charge in [-0.3, -0.25) is 19.2 Å². The number of carbonyl (C=O) groups is 4. The van der Waals surface area contributed by atoms with Crippen LogP contribution in [0.1, 0.15) is 81.1 Å². The topological polar surface area (TPSA) is 214 Å². The van der Waals surface area contributed by atoms with E-state index in [2.05, 4.69) is 0 Å². The van der Waals surface area contributed by atoms with Gasteiger partial charge in [-0.2, -0.15) is 0 Å². The fourth-order valence-corrected chi connectivity index (χ4v) is 5.06. The second-order valence-electron chi connectivity index (χ2n) is 13.9. The molecule has 0 amide bonds. The number of carbonyl (C=O) groups excluding carboxylic acids is 4. The Bertz CT molecular complexity index is 1030. The Kier molecular flexibility index (Phi) is 16.0. The third-order valence-electron chi connectivity index (χ3n) is 7.28. The van der Waals surface area contributed by atoms with Crippen LogP contribution in [-0.4, -0.2) is 119 Å². The highest BCUT2D eigenvalue weighted by atomic mass is 16.8. The van der Waals surface area contributed by atoms with Gasteiger partial charge in [0.05, 0.1) is 6.61 Å². The van der Waals surface area contributed by atoms with E-state index in [-0.39, 0.29) is 49.4 Å². The van der Waals surface area contributed by atoms with Crippen LogP contribution in [0.5, 0.6) is 0 Å². The van der Waals surface area contributed by atoms with Gasteiger partial charge in [0.15, 0.2) is 12.2 Å². The molecule has 2 heterocycles. The predicted octanol–water partition coefficient (Wildman–Crippen LogP) is 0.992. The molecule has 2 aliphatic rings. The number of esters is 4. The summed E-state index contributed by atoms with van der Waals surface area (Å²) >= 11 is 0. The molecule has 47 heavy (non-hydrogen) atoms. The van der Waals surface area contributed by atoms with Crippen LogP contribution in [0.15, 0.2) is 0 Å². The molecule has 2 aliphatic heterocycles. The smallest absolute Gasteiger partial charge is 0.306 e. The van der Waals surface area contributed by atoms with Crippen LogP contribution in [0.4, 0.5) is 0 Å². The van der Waals surface area contributed by atoms with Crippen LogP contribution in [0.3, 0.4) is 0 Å². The van der Waals surface area contributed by atoms with Crippen LogP contribution in [0, 0.1) is 23.7 Å². The minimum absolute atomic E-state index is 0.0143. The minimum atomic E-state index is -2.37. The second kappa shape index (κ2) is 18.4. The van der Waals surface area contributed by atoms with E-state index in [4.69, 9.17) is 33.2 Å². The Balaban J connectivity index is 2.58. The summed E-state index contributed by atoms with van der Waals surface area (Å²) in [5, 5.41) is 42.9. The van der Waals surface area contributed by atoms with Crippen molar-refractivity contribution in [2.75, 3.05) is 19.8 Å². The van der Waals surface area contributed by atoms with Gasteiger partial charge in [-0.05, 0) is 23.7 Å². The average Bonchev–Trinajstić information content (AvgIpc) is 3.19. The fourth-order valence-electron chi connectivity index (χ4n) is 5.06. The molecule has 9 unspecified atom stereocenters. The maximum atomic E-state index is 13.0. The zero-order valence-electron chi connectivity index (χ0n) is 28.7. The van der Waals surface area contributed by atoms with Gasteiger partial charge >= 0.3 is 23.9 Å². The third kappa shape index (κ3) is 12.2. The van der Waals surface area contributed by atoms with Crippen molar-refractivity contribution in [1.82, 2.24) is 0 Å². The lowest BCUT2D eigenvalue weighted by Gasteiger charge is -2.45. The molecule has 4 N–H and O–H groups in total. The first-order valence-electron chi connectivity index (χ1n) is 16.2. The molecule has 0 radical (unpaired) electrons. The Morgan fingerprint density at radius 2 is 1.15 bits per heavy atom. The van der Waals surface area contributed by atoms with Crippen LogP contribution < -0.4 is 0 Å². The molecule has 0 spiro atoms. The third-order valence-corrected chi connectivity index (χ3v) is 7.28. The Morgan fingerprint density at radius 1 is 0.660 bits per heavy atom. The van der Waals surface area contributed by atoms with Crippen molar-refractivity contribution in [3.05, 3.63) is 0 Å². The standard InChI is InChI=1S/C32H54O15/c1-16(2)9-22(34)41-14-21-27(39)30(45-25(37)12-19(7)8)32(46-21,15-42-23(35)10-17(3)4)47-31-29(44-24(36)11-18(5)6)28(40)26(38)20(13-33)43-31/h16-21,26-31,33,38-40H,9-15H2,1-8H3. The summed E-state index contributed by atoms with van der Waals surface area (Å²) in [7, 11) is 0. The molecule has 15 nitrogen and oxygen atoms in total. The van der Waals surface area contributed by atoms with Crippen LogP contribution >= 0.6 is 0 Å². The highest BCUT2D eigenvalue weighted by Crippen LogP contribution is 2.40. The molecule has 2 fully saturated rings. The first-order chi connectivity index (χ1) is 21.9. The molecule has 0 saturated carbocycles. The average molecular weight is 679 g/mol. The van der Waals surface area contributed by atoms with Gasteiger partial charge in [0.1, 0.15) is 43.7 Å². The number of hydrogen-bond acceptors (Lipinski definition) is 15. The van der Waals surface area contributed by atoms with Gasteiger partial charge < -0.3 is 53.6 Å². The van der Waals surface area contributed by atoms with E-state index >= 15 is 0 Å². The normalized spacial score (nSPS) is 31.0. The van der Waals surface area contributed by atoms with Crippen LogP contribution in [0.25, 0.3) is 0 Å². The molecule has 9 atom stereocenters. The van der Waals surface area contributed by atoms with E-state index in [0.717, 1.165) is 0 Å². The summed E-state index contributed by atoms with van der Waals surface area (Å²) in [4.78, 5) is 50.8. The van der Waals surface area contributed by atoms with Crippen molar-refractivity contribution in [1.29, 1.82) is 0 Å². The Hall–Kier alpha value is -2.40. The van der Waals surface area contributed by atoms with Gasteiger partial charge in [0.25, 0.3) is 0 Å². The van der Waals surface area contributed by atoms with E-state index in [1.165, 1.54) is 0 Å². The molecule has 15 heteroatoms. The molecule has 0 aromatic rings. The Labute approximate surface area is 276 Å². The minimum Gasteiger partial charge on any atom is -0.463 e. The van der Waals surface area contributed by atoms with Crippen molar-refractivity contribution < 1.29 is 72.8 Å². The first kappa shape index (κ1) is 40.8. The molecular formula is C32H54O15. The summed E-state index contributed by atoms with van der Waals surface area (Å²) in [6, 6.07) is 0. The summed E-state index contributed by atoms with van der Waals surface area (Å²) < 4.78 is 40.0. The van der Waals surface area contributed by atoms with Gasteiger partial charge in [-0.1, -0.05) is 55.4 Å². The molecule has 0 bridgehead atoms. The van der Waals surface area contributed by atoms with Crippen molar-refractivity contribution in [3.8, 4) is 0 Å². The largest absolute Gasteiger partial charge is 0.463 e. The van der Waals surface area contributed by atoms with Gasteiger partial charge in [-0.25, -0.2) is 0 Å². The molecule has 272 valence electrons. The van der Waals surface area contributed by atoms with E-state index in [1.807, 2.05) is 13.8 Å². The van der Waals surface area contributed by atoms with E-state index in [1.54, 1.807) is 41.5 Å². The maximum Gasteiger partial charge on any atom is 0.306 e. The quantitative estimate of drug-likeness (QED) is 0.125. The highest BCUT2D eigenvalue weighted by molar-refractivity contribution is 5.71. The number of rotatable bonds is 17. The van der Waals surface area contributed by atoms with E-state index < -0.39 is 98.5 Å². The molecule has 0 aromatic carbocycles. The van der Waals surface area contributed by atoms with Crippen LogP contribution in [-0.2, 0) is 52.3 Å². The number of ether oxygens (including phenoxy) is 7. The number of aliphatic hydroxyl groups is 4. The number of aliphatic hydroxyl groups excluding tert-OH is 4. The van der Waals surface area contributed by atoms with E-state index in [0.29, 0.717) is 0 Å².